The van der Waals surface area contributed by atoms with E-state index in [-0.39, 0.29) is 14.8 Å². The molecule has 4 nitrogen and oxygen atoms in total. The van der Waals surface area contributed by atoms with E-state index in [1.54, 1.807) is 28.7 Å². The van der Waals surface area contributed by atoms with Gasteiger partial charge < -0.3 is 4.74 Å². The Kier molecular flexibility index (Phi) is 4.12. The number of nitriles is 1. The van der Waals surface area contributed by atoms with Gasteiger partial charge in [0.2, 0.25) is 0 Å². The van der Waals surface area contributed by atoms with Crippen LogP contribution in [0.5, 0.6) is 0 Å². The third-order valence-corrected chi connectivity index (χ3v) is 2.82. The quantitative estimate of drug-likeness (QED) is 0.613. The van der Waals surface area contributed by atoms with Gasteiger partial charge in [0.25, 0.3) is 6.43 Å². The van der Waals surface area contributed by atoms with Crippen LogP contribution in [0.25, 0.3) is 0 Å². The van der Waals surface area contributed by atoms with Crippen LogP contribution in [0.2, 0.25) is 0 Å². The zero-order chi connectivity index (χ0) is 12.3. The van der Waals surface area contributed by atoms with Crippen molar-refractivity contribution in [3.63, 3.8) is 0 Å². The van der Waals surface area contributed by atoms with Gasteiger partial charge in [-0.2, -0.15) is 5.26 Å². The summed E-state index contributed by atoms with van der Waals surface area (Å²) in [6.07, 6.45) is -1.99. The molecule has 0 aliphatic rings. The van der Waals surface area contributed by atoms with E-state index in [2.05, 4.69) is 9.72 Å². The molecule has 0 radical (unpaired) electrons. The van der Waals surface area contributed by atoms with Gasteiger partial charge in [-0.3, -0.25) is 0 Å². The first-order valence-electron chi connectivity index (χ1n) is 3.97. The lowest BCUT2D eigenvalue weighted by atomic mass is 10.1. The molecule has 1 rings (SSSR count). The summed E-state index contributed by atoms with van der Waals surface area (Å²) in [5, 5.41) is 8.76. The van der Waals surface area contributed by atoms with Crippen LogP contribution < -0.4 is 0 Å². The Labute approximate surface area is 103 Å². The lowest BCUT2D eigenvalue weighted by molar-refractivity contribution is 0.0592. The molecule has 16 heavy (non-hydrogen) atoms. The van der Waals surface area contributed by atoms with Crippen molar-refractivity contribution in [1.29, 1.82) is 5.26 Å². The summed E-state index contributed by atoms with van der Waals surface area (Å²) < 4.78 is 29.5. The van der Waals surface area contributed by atoms with Gasteiger partial charge in [-0.25, -0.2) is 18.6 Å². The minimum atomic E-state index is -2.80. The molecule has 1 aromatic rings. The number of rotatable bonds is 2. The molecular formula is C9H5F2IN2O2. The Balaban J connectivity index is 3.42. The van der Waals surface area contributed by atoms with E-state index in [1.165, 1.54) is 0 Å². The SMILES string of the molecule is COC(=O)c1ncc(C(F)F)c(C#N)c1I. The number of alkyl halides is 2. The number of ether oxygens (including phenoxy) is 1. The standard InChI is InChI=1S/C9H5F2IN2O2/c1-16-9(15)7-6(12)4(2-13)5(3-14-7)8(10)11/h3,8H,1H3. The van der Waals surface area contributed by atoms with E-state index in [0.717, 1.165) is 13.3 Å². The van der Waals surface area contributed by atoms with Crippen molar-refractivity contribution in [2.75, 3.05) is 7.11 Å². The lowest BCUT2D eigenvalue weighted by Gasteiger charge is -2.07. The van der Waals surface area contributed by atoms with Crippen molar-refractivity contribution >= 4 is 28.6 Å². The van der Waals surface area contributed by atoms with E-state index in [1.807, 2.05) is 0 Å². The first-order chi connectivity index (χ1) is 7.52. The molecule has 0 spiro atoms. The van der Waals surface area contributed by atoms with Gasteiger partial charge in [0.05, 0.1) is 21.8 Å². The summed E-state index contributed by atoms with van der Waals surface area (Å²) >= 11 is 1.62. The first-order valence-corrected chi connectivity index (χ1v) is 5.05. The number of carbonyl (C=O) groups excluding carboxylic acids is 1. The van der Waals surface area contributed by atoms with Crippen molar-refractivity contribution in [2.45, 2.75) is 6.43 Å². The number of aromatic nitrogens is 1. The molecule has 7 heteroatoms. The van der Waals surface area contributed by atoms with Gasteiger partial charge in [-0.05, 0) is 22.6 Å². The summed E-state index contributed by atoms with van der Waals surface area (Å²) in [6, 6.07) is 1.63. The van der Waals surface area contributed by atoms with E-state index in [4.69, 9.17) is 5.26 Å². The number of halogens is 3. The molecule has 0 N–H and O–H groups in total. The van der Waals surface area contributed by atoms with Crippen LogP contribution in [-0.4, -0.2) is 18.1 Å². The summed E-state index contributed by atoms with van der Waals surface area (Å²) in [5.74, 6) is -0.762. The minimum absolute atomic E-state index is 0.0738. The maximum atomic E-state index is 12.5. The smallest absolute Gasteiger partial charge is 0.357 e. The third kappa shape index (κ3) is 2.27. The molecule has 0 fully saturated rings. The fourth-order valence-electron chi connectivity index (χ4n) is 1.02. The number of pyridine rings is 1. The fraction of sp³-hybridized carbons (Fsp3) is 0.222. The van der Waals surface area contributed by atoms with Crippen molar-refractivity contribution in [3.8, 4) is 6.07 Å². The highest BCUT2D eigenvalue weighted by Crippen LogP contribution is 2.26. The van der Waals surface area contributed by atoms with Gasteiger partial charge in [0, 0.05) is 6.20 Å². The molecule has 0 aliphatic carbocycles. The number of hydrogen-bond donors (Lipinski definition) is 0. The van der Waals surface area contributed by atoms with Crippen molar-refractivity contribution in [3.05, 3.63) is 26.6 Å². The number of esters is 1. The molecule has 0 saturated heterocycles. The maximum absolute atomic E-state index is 12.5. The topological polar surface area (TPSA) is 63.0 Å². The van der Waals surface area contributed by atoms with Gasteiger partial charge in [0.15, 0.2) is 5.69 Å². The second kappa shape index (κ2) is 5.16. The average Bonchev–Trinajstić information content (AvgIpc) is 2.27. The Morgan fingerprint density at radius 2 is 2.31 bits per heavy atom. The highest BCUT2D eigenvalue weighted by Gasteiger charge is 2.22. The van der Waals surface area contributed by atoms with Crippen molar-refractivity contribution in [1.82, 2.24) is 4.98 Å². The number of nitrogens with zero attached hydrogens (tertiary/aromatic N) is 2. The van der Waals surface area contributed by atoms with Crippen LogP contribution in [0, 0.1) is 14.9 Å². The first kappa shape index (κ1) is 12.8. The Morgan fingerprint density at radius 1 is 1.69 bits per heavy atom. The molecule has 0 saturated carbocycles. The molecule has 0 bridgehead atoms. The van der Waals surface area contributed by atoms with Crippen LogP contribution >= 0.6 is 22.6 Å². The van der Waals surface area contributed by atoms with Gasteiger partial charge >= 0.3 is 5.97 Å². The van der Waals surface area contributed by atoms with Crippen LogP contribution in [0.1, 0.15) is 28.0 Å². The fourth-order valence-corrected chi connectivity index (χ4v) is 1.81. The second-order valence-corrected chi connectivity index (χ2v) is 3.73. The summed E-state index contributed by atoms with van der Waals surface area (Å²) in [6.45, 7) is 0. The van der Waals surface area contributed by atoms with Crippen molar-refractivity contribution < 1.29 is 18.3 Å². The molecule has 0 atom stereocenters. The summed E-state index contributed by atoms with van der Waals surface area (Å²) in [5.41, 5.74) is -0.866. The molecule has 0 amide bonds. The molecular weight excluding hydrogens is 333 g/mol. The second-order valence-electron chi connectivity index (χ2n) is 2.66. The summed E-state index contributed by atoms with van der Waals surface area (Å²) in [7, 11) is 1.15. The molecule has 1 heterocycles. The van der Waals surface area contributed by atoms with Gasteiger partial charge in [-0.1, -0.05) is 0 Å². The Bertz CT molecular complexity index is 471. The monoisotopic (exact) mass is 338 g/mol. The largest absolute Gasteiger partial charge is 0.464 e. The predicted octanol–water partition coefficient (Wildman–Crippen LogP) is 2.28. The van der Waals surface area contributed by atoms with Crippen LogP contribution in [-0.2, 0) is 4.74 Å². The third-order valence-electron chi connectivity index (χ3n) is 1.77. The van der Waals surface area contributed by atoms with Gasteiger partial charge in [-0.15, -0.1) is 0 Å². The molecule has 0 unspecified atom stereocenters. The summed E-state index contributed by atoms with van der Waals surface area (Å²) in [4.78, 5) is 14.8. The molecule has 0 aromatic carbocycles. The molecule has 0 aliphatic heterocycles. The van der Waals surface area contributed by atoms with E-state index >= 15 is 0 Å². The Hall–Kier alpha value is -1.30. The van der Waals surface area contributed by atoms with Crippen LogP contribution in [0.3, 0.4) is 0 Å². The number of hydrogen-bond acceptors (Lipinski definition) is 4. The number of carbonyl (C=O) groups is 1. The highest BCUT2D eigenvalue weighted by atomic mass is 127. The highest BCUT2D eigenvalue weighted by molar-refractivity contribution is 14.1. The number of methoxy groups -OCH3 is 1. The van der Waals surface area contributed by atoms with E-state index in [0.29, 0.717) is 0 Å². The molecule has 1 aromatic heterocycles. The zero-order valence-electron chi connectivity index (χ0n) is 8.00. The van der Waals surface area contributed by atoms with Crippen LogP contribution in [0.4, 0.5) is 8.78 Å². The lowest BCUT2D eigenvalue weighted by Crippen LogP contribution is -2.10. The molecule has 84 valence electrons. The average molecular weight is 338 g/mol. The minimum Gasteiger partial charge on any atom is -0.464 e. The zero-order valence-corrected chi connectivity index (χ0v) is 10.2. The van der Waals surface area contributed by atoms with Crippen LogP contribution in [0.15, 0.2) is 6.20 Å². The van der Waals surface area contributed by atoms with E-state index in [9.17, 15) is 13.6 Å². The van der Waals surface area contributed by atoms with E-state index < -0.39 is 18.0 Å². The predicted molar refractivity (Wildman–Crippen MR) is 58.0 cm³/mol. The van der Waals surface area contributed by atoms with Crippen molar-refractivity contribution in [2.24, 2.45) is 0 Å². The maximum Gasteiger partial charge on any atom is 0.357 e. The normalized spacial score (nSPS) is 10.0. The van der Waals surface area contributed by atoms with Gasteiger partial charge in [0.1, 0.15) is 6.07 Å². The Morgan fingerprint density at radius 3 is 2.75 bits per heavy atom.